The smallest absolute Gasteiger partial charge is 0.171 e. The second-order valence-corrected chi connectivity index (χ2v) is 7.71. The van der Waals surface area contributed by atoms with Crippen molar-refractivity contribution in [2.45, 2.75) is 45.8 Å². The summed E-state index contributed by atoms with van der Waals surface area (Å²) in [5.41, 5.74) is 3.45. The van der Waals surface area contributed by atoms with Gasteiger partial charge in [-0.3, -0.25) is 0 Å². The fourth-order valence-corrected chi connectivity index (χ4v) is 3.61. The summed E-state index contributed by atoms with van der Waals surface area (Å²) in [7, 11) is 0. The minimum absolute atomic E-state index is 0.132. The van der Waals surface area contributed by atoms with Crippen LogP contribution >= 0.6 is 12.2 Å². The summed E-state index contributed by atoms with van der Waals surface area (Å²) >= 11 is 5.49. The van der Waals surface area contributed by atoms with Crippen LogP contribution in [-0.4, -0.2) is 24.3 Å². The van der Waals surface area contributed by atoms with Crippen LogP contribution in [0, 0.1) is 0 Å². The number of ether oxygens (including phenoxy) is 1. The highest BCUT2D eigenvalue weighted by molar-refractivity contribution is 7.80. The lowest BCUT2D eigenvalue weighted by atomic mass is 10.1. The molecule has 3 rings (SSSR count). The number of hydrogen-bond acceptors (Lipinski definition) is 3. The summed E-state index contributed by atoms with van der Waals surface area (Å²) < 4.78 is 5.73. The monoisotopic (exact) mass is 383 g/mol. The number of nitrogens with one attached hydrogen (secondary N) is 2. The molecule has 0 bridgehead atoms. The Morgan fingerprint density at radius 3 is 2.41 bits per heavy atom. The van der Waals surface area contributed by atoms with E-state index in [1.54, 1.807) is 0 Å². The normalized spacial score (nSPS) is 14.9. The van der Waals surface area contributed by atoms with Crippen molar-refractivity contribution < 1.29 is 4.74 Å². The average Bonchev–Trinajstić information content (AvgIpc) is 3.16. The molecule has 1 heterocycles. The Morgan fingerprint density at radius 1 is 1.04 bits per heavy atom. The van der Waals surface area contributed by atoms with Gasteiger partial charge in [-0.05, 0) is 75.7 Å². The van der Waals surface area contributed by atoms with E-state index in [0.29, 0.717) is 5.11 Å². The van der Waals surface area contributed by atoms with Gasteiger partial charge in [0.05, 0.1) is 12.1 Å². The standard InChI is InChI=1S/C22H29N3OS/c1-16(2)26-21-8-6-7-19(15-21)24-22(27)23-17(3)18-9-11-20(12-10-18)25-13-4-5-14-25/h6-12,15-17H,4-5,13-14H2,1-3H3,(H2,23,24,27)/t17-/m0/s1. The molecule has 1 aliphatic heterocycles. The molecule has 2 N–H and O–H groups in total. The van der Waals surface area contributed by atoms with Crippen LogP contribution in [0.1, 0.15) is 45.2 Å². The minimum Gasteiger partial charge on any atom is -0.491 e. The molecule has 0 radical (unpaired) electrons. The molecule has 1 fully saturated rings. The molecule has 1 aliphatic rings. The van der Waals surface area contributed by atoms with Gasteiger partial charge in [0.25, 0.3) is 0 Å². The predicted molar refractivity (Wildman–Crippen MR) is 118 cm³/mol. The Labute approximate surface area is 167 Å². The highest BCUT2D eigenvalue weighted by Gasteiger charge is 2.13. The predicted octanol–water partition coefficient (Wildman–Crippen LogP) is 5.12. The quantitative estimate of drug-likeness (QED) is 0.677. The molecule has 0 spiro atoms. The fraction of sp³-hybridized carbons (Fsp3) is 0.409. The van der Waals surface area contributed by atoms with Crippen LogP contribution in [0.3, 0.4) is 0 Å². The van der Waals surface area contributed by atoms with Crippen LogP contribution in [0.5, 0.6) is 5.75 Å². The molecule has 27 heavy (non-hydrogen) atoms. The zero-order valence-electron chi connectivity index (χ0n) is 16.4. The van der Waals surface area contributed by atoms with E-state index in [9.17, 15) is 0 Å². The van der Waals surface area contributed by atoms with Gasteiger partial charge in [0.1, 0.15) is 5.75 Å². The van der Waals surface area contributed by atoms with Gasteiger partial charge in [0, 0.05) is 30.5 Å². The van der Waals surface area contributed by atoms with Crippen LogP contribution in [0.2, 0.25) is 0 Å². The maximum atomic E-state index is 5.73. The number of nitrogens with zero attached hydrogens (tertiary/aromatic N) is 1. The molecule has 2 aromatic carbocycles. The van der Waals surface area contributed by atoms with Gasteiger partial charge in [-0.15, -0.1) is 0 Å². The maximum Gasteiger partial charge on any atom is 0.171 e. The highest BCUT2D eigenvalue weighted by atomic mass is 32.1. The number of anilines is 2. The first kappa shape index (κ1) is 19.5. The lowest BCUT2D eigenvalue weighted by molar-refractivity contribution is 0.242. The first-order chi connectivity index (χ1) is 13.0. The van der Waals surface area contributed by atoms with Crippen LogP contribution in [0.4, 0.5) is 11.4 Å². The van der Waals surface area contributed by atoms with E-state index in [1.165, 1.54) is 37.2 Å². The first-order valence-electron chi connectivity index (χ1n) is 9.70. The van der Waals surface area contributed by atoms with Crippen molar-refractivity contribution in [2.24, 2.45) is 0 Å². The summed E-state index contributed by atoms with van der Waals surface area (Å²) in [5.74, 6) is 0.836. The van der Waals surface area contributed by atoms with Gasteiger partial charge in [-0.2, -0.15) is 0 Å². The second-order valence-electron chi connectivity index (χ2n) is 7.30. The summed E-state index contributed by atoms with van der Waals surface area (Å²) in [4.78, 5) is 2.44. The van der Waals surface area contributed by atoms with E-state index >= 15 is 0 Å². The third-order valence-corrected chi connectivity index (χ3v) is 4.90. The molecular formula is C22H29N3OS. The molecule has 1 saturated heterocycles. The van der Waals surface area contributed by atoms with E-state index in [1.807, 2.05) is 38.1 Å². The van der Waals surface area contributed by atoms with Crippen LogP contribution in [0.25, 0.3) is 0 Å². The molecular weight excluding hydrogens is 354 g/mol. The van der Waals surface area contributed by atoms with Crippen molar-refractivity contribution in [1.82, 2.24) is 5.32 Å². The minimum atomic E-state index is 0.132. The molecule has 0 amide bonds. The Bertz CT molecular complexity index is 754. The first-order valence-corrected chi connectivity index (χ1v) is 10.1. The third kappa shape index (κ3) is 5.60. The molecule has 2 aromatic rings. The van der Waals surface area contributed by atoms with Gasteiger partial charge >= 0.3 is 0 Å². The largest absolute Gasteiger partial charge is 0.491 e. The molecule has 0 aromatic heterocycles. The van der Waals surface area contributed by atoms with Crippen LogP contribution < -0.4 is 20.3 Å². The number of benzene rings is 2. The molecule has 5 heteroatoms. The summed E-state index contributed by atoms with van der Waals surface area (Å²) in [6.45, 7) is 8.49. The summed E-state index contributed by atoms with van der Waals surface area (Å²) in [6, 6.07) is 16.8. The topological polar surface area (TPSA) is 36.5 Å². The molecule has 1 atom stereocenters. The molecule has 4 nitrogen and oxygen atoms in total. The number of rotatable bonds is 6. The SMILES string of the molecule is CC(C)Oc1cccc(NC(=S)N[C@@H](C)c2ccc(N3CCCC3)cc2)c1. The van der Waals surface area contributed by atoms with E-state index in [2.05, 4.69) is 46.7 Å². The molecule has 0 aliphatic carbocycles. The van der Waals surface area contributed by atoms with Crippen molar-refractivity contribution >= 4 is 28.7 Å². The fourth-order valence-electron chi connectivity index (χ4n) is 3.32. The van der Waals surface area contributed by atoms with Gasteiger partial charge < -0.3 is 20.3 Å². The Morgan fingerprint density at radius 2 is 1.74 bits per heavy atom. The van der Waals surface area contributed by atoms with E-state index in [-0.39, 0.29) is 12.1 Å². The lowest BCUT2D eigenvalue weighted by Gasteiger charge is -2.21. The van der Waals surface area contributed by atoms with Crippen molar-refractivity contribution in [3.8, 4) is 5.75 Å². The van der Waals surface area contributed by atoms with Crippen LogP contribution in [-0.2, 0) is 0 Å². The molecule has 144 valence electrons. The van der Waals surface area contributed by atoms with Crippen LogP contribution in [0.15, 0.2) is 48.5 Å². The Kier molecular flexibility index (Phi) is 6.56. The van der Waals surface area contributed by atoms with Gasteiger partial charge in [-0.25, -0.2) is 0 Å². The van der Waals surface area contributed by atoms with Crippen molar-refractivity contribution in [2.75, 3.05) is 23.3 Å². The second kappa shape index (κ2) is 9.09. The zero-order valence-corrected chi connectivity index (χ0v) is 17.2. The van der Waals surface area contributed by atoms with Gasteiger partial charge in [0.15, 0.2) is 5.11 Å². The van der Waals surface area contributed by atoms with Crippen molar-refractivity contribution in [1.29, 1.82) is 0 Å². The van der Waals surface area contributed by atoms with E-state index < -0.39 is 0 Å². The Balaban J connectivity index is 1.55. The van der Waals surface area contributed by atoms with Crippen molar-refractivity contribution in [3.05, 3.63) is 54.1 Å². The van der Waals surface area contributed by atoms with E-state index in [4.69, 9.17) is 17.0 Å². The lowest BCUT2D eigenvalue weighted by Crippen LogP contribution is -2.30. The Hall–Kier alpha value is -2.27. The molecule has 0 unspecified atom stereocenters. The maximum absolute atomic E-state index is 5.73. The van der Waals surface area contributed by atoms with Crippen molar-refractivity contribution in [3.63, 3.8) is 0 Å². The number of thiocarbonyl (C=S) groups is 1. The average molecular weight is 384 g/mol. The number of hydrogen-bond donors (Lipinski definition) is 2. The highest BCUT2D eigenvalue weighted by Crippen LogP contribution is 2.23. The summed E-state index contributed by atoms with van der Waals surface area (Å²) in [6.07, 6.45) is 2.74. The van der Waals surface area contributed by atoms with Gasteiger partial charge in [0.2, 0.25) is 0 Å². The zero-order chi connectivity index (χ0) is 19.2. The van der Waals surface area contributed by atoms with E-state index in [0.717, 1.165) is 11.4 Å². The molecule has 0 saturated carbocycles. The summed E-state index contributed by atoms with van der Waals surface area (Å²) in [5, 5.41) is 7.21. The third-order valence-electron chi connectivity index (χ3n) is 4.68. The van der Waals surface area contributed by atoms with Gasteiger partial charge in [-0.1, -0.05) is 18.2 Å².